The molecule has 0 unspecified atom stereocenters. The predicted octanol–water partition coefficient (Wildman–Crippen LogP) is 1.12. The third kappa shape index (κ3) is 2.84. The van der Waals surface area contributed by atoms with Gasteiger partial charge in [0.05, 0.1) is 0 Å². The van der Waals surface area contributed by atoms with Crippen molar-refractivity contribution in [3.05, 3.63) is 12.2 Å². The molecule has 0 aromatic carbocycles. The first-order valence-corrected chi connectivity index (χ1v) is 5.30. The minimum Gasteiger partial charge on any atom is -0.337 e. The first-order valence-electron chi connectivity index (χ1n) is 5.30. The van der Waals surface area contributed by atoms with Gasteiger partial charge in [0, 0.05) is 32.2 Å². The Morgan fingerprint density at radius 1 is 1.21 bits per heavy atom. The van der Waals surface area contributed by atoms with Gasteiger partial charge >= 0.3 is 0 Å². The van der Waals surface area contributed by atoms with Crippen LogP contribution in [0.1, 0.15) is 20.8 Å². The number of hydrogen-bond acceptors (Lipinski definition) is 2. The highest BCUT2D eigenvalue weighted by Gasteiger charge is 2.20. The van der Waals surface area contributed by atoms with Crippen LogP contribution in [0.2, 0.25) is 0 Å². The number of carbonyl (C=O) groups is 1. The molecule has 1 aliphatic heterocycles. The zero-order valence-electron chi connectivity index (χ0n) is 9.36. The van der Waals surface area contributed by atoms with Crippen molar-refractivity contribution < 1.29 is 4.79 Å². The van der Waals surface area contributed by atoms with E-state index in [0.717, 1.165) is 26.2 Å². The van der Waals surface area contributed by atoms with Crippen molar-refractivity contribution in [3.8, 4) is 0 Å². The van der Waals surface area contributed by atoms with Crippen LogP contribution in [0.25, 0.3) is 0 Å². The fourth-order valence-electron chi connectivity index (χ4n) is 1.71. The zero-order valence-corrected chi connectivity index (χ0v) is 9.36. The Morgan fingerprint density at radius 2 is 1.79 bits per heavy atom. The maximum Gasteiger partial charge on any atom is 0.246 e. The van der Waals surface area contributed by atoms with Gasteiger partial charge in [-0.15, -0.1) is 0 Å². The first-order chi connectivity index (χ1) is 6.65. The number of piperazine rings is 1. The Labute approximate surface area is 86.4 Å². The van der Waals surface area contributed by atoms with Crippen molar-refractivity contribution in [2.24, 2.45) is 0 Å². The van der Waals surface area contributed by atoms with Crippen LogP contribution in [0.3, 0.4) is 0 Å². The number of allylic oxidation sites excluding steroid dienone is 1. The van der Waals surface area contributed by atoms with E-state index in [1.165, 1.54) is 0 Å². The first kappa shape index (κ1) is 11.2. The van der Waals surface area contributed by atoms with Gasteiger partial charge in [-0.1, -0.05) is 6.08 Å². The summed E-state index contributed by atoms with van der Waals surface area (Å²) in [5.74, 6) is 0.149. The van der Waals surface area contributed by atoms with E-state index in [1.807, 2.05) is 11.8 Å². The molecule has 0 aromatic rings. The van der Waals surface area contributed by atoms with Crippen molar-refractivity contribution in [1.29, 1.82) is 0 Å². The fraction of sp³-hybridized carbons (Fsp3) is 0.727. The number of amides is 1. The van der Waals surface area contributed by atoms with Crippen LogP contribution in [0.15, 0.2) is 12.2 Å². The molecule has 3 nitrogen and oxygen atoms in total. The Bertz CT molecular complexity index is 215. The smallest absolute Gasteiger partial charge is 0.246 e. The van der Waals surface area contributed by atoms with E-state index in [4.69, 9.17) is 0 Å². The molecule has 0 radical (unpaired) electrons. The SMILES string of the molecule is C/C=C/C(=O)N1CCN(C(C)C)CC1. The molecule has 0 atom stereocenters. The summed E-state index contributed by atoms with van der Waals surface area (Å²) in [5.41, 5.74) is 0. The summed E-state index contributed by atoms with van der Waals surface area (Å²) in [7, 11) is 0. The van der Waals surface area contributed by atoms with E-state index in [0.29, 0.717) is 6.04 Å². The van der Waals surface area contributed by atoms with Gasteiger partial charge in [0.25, 0.3) is 0 Å². The number of hydrogen-bond donors (Lipinski definition) is 0. The number of nitrogens with zero attached hydrogens (tertiary/aromatic N) is 2. The minimum atomic E-state index is 0.149. The molecular formula is C11H20N2O. The summed E-state index contributed by atoms with van der Waals surface area (Å²) in [4.78, 5) is 15.8. The van der Waals surface area contributed by atoms with Gasteiger partial charge < -0.3 is 4.90 Å². The summed E-state index contributed by atoms with van der Waals surface area (Å²) in [6, 6.07) is 0.592. The van der Waals surface area contributed by atoms with E-state index < -0.39 is 0 Å². The highest BCUT2D eigenvalue weighted by Crippen LogP contribution is 2.06. The third-order valence-electron chi connectivity index (χ3n) is 2.67. The molecule has 3 heteroatoms. The predicted molar refractivity (Wildman–Crippen MR) is 58.1 cm³/mol. The average molecular weight is 196 g/mol. The fourth-order valence-corrected chi connectivity index (χ4v) is 1.71. The van der Waals surface area contributed by atoms with E-state index in [9.17, 15) is 4.79 Å². The van der Waals surface area contributed by atoms with Crippen LogP contribution < -0.4 is 0 Å². The van der Waals surface area contributed by atoms with Crippen LogP contribution in [0, 0.1) is 0 Å². The molecule has 1 fully saturated rings. The molecule has 1 rings (SSSR count). The van der Waals surface area contributed by atoms with Crippen molar-refractivity contribution >= 4 is 5.91 Å². The Morgan fingerprint density at radius 3 is 2.21 bits per heavy atom. The van der Waals surface area contributed by atoms with Gasteiger partial charge in [-0.25, -0.2) is 0 Å². The topological polar surface area (TPSA) is 23.6 Å². The molecule has 1 amide bonds. The van der Waals surface area contributed by atoms with Gasteiger partial charge in [0.2, 0.25) is 5.91 Å². The molecular weight excluding hydrogens is 176 g/mol. The molecule has 0 N–H and O–H groups in total. The van der Waals surface area contributed by atoms with Crippen LogP contribution in [0.4, 0.5) is 0 Å². The summed E-state index contributed by atoms with van der Waals surface area (Å²) in [6.07, 6.45) is 3.45. The molecule has 1 saturated heterocycles. The summed E-state index contributed by atoms with van der Waals surface area (Å²) < 4.78 is 0. The van der Waals surface area contributed by atoms with Crippen LogP contribution >= 0.6 is 0 Å². The zero-order chi connectivity index (χ0) is 10.6. The lowest BCUT2D eigenvalue weighted by atomic mass is 10.2. The molecule has 0 bridgehead atoms. The molecule has 0 aliphatic carbocycles. The average Bonchev–Trinajstić information content (AvgIpc) is 2.18. The van der Waals surface area contributed by atoms with Gasteiger partial charge in [-0.2, -0.15) is 0 Å². The van der Waals surface area contributed by atoms with Crippen molar-refractivity contribution in [2.75, 3.05) is 26.2 Å². The van der Waals surface area contributed by atoms with E-state index in [-0.39, 0.29) is 5.91 Å². The second-order valence-corrected chi connectivity index (χ2v) is 3.96. The monoisotopic (exact) mass is 196 g/mol. The molecule has 0 spiro atoms. The highest BCUT2D eigenvalue weighted by molar-refractivity contribution is 5.87. The molecule has 14 heavy (non-hydrogen) atoms. The van der Waals surface area contributed by atoms with Gasteiger partial charge in [0.1, 0.15) is 0 Å². The van der Waals surface area contributed by atoms with Gasteiger partial charge in [-0.05, 0) is 26.8 Å². The standard InChI is InChI=1S/C11H20N2O/c1-4-5-11(14)13-8-6-12(7-9-13)10(2)3/h4-5,10H,6-9H2,1-3H3/b5-4+. The highest BCUT2D eigenvalue weighted by atomic mass is 16.2. The van der Waals surface area contributed by atoms with Crippen molar-refractivity contribution in [2.45, 2.75) is 26.8 Å². The third-order valence-corrected chi connectivity index (χ3v) is 2.67. The van der Waals surface area contributed by atoms with E-state index in [2.05, 4.69) is 18.7 Å². The minimum absolute atomic E-state index is 0.149. The number of rotatable bonds is 2. The maximum absolute atomic E-state index is 11.5. The van der Waals surface area contributed by atoms with Gasteiger partial charge in [-0.3, -0.25) is 9.69 Å². The molecule has 1 heterocycles. The van der Waals surface area contributed by atoms with Crippen LogP contribution in [-0.4, -0.2) is 47.9 Å². The molecule has 0 aromatic heterocycles. The second-order valence-electron chi connectivity index (χ2n) is 3.96. The molecule has 0 saturated carbocycles. The molecule has 80 valence electrons. The Kier molecular flexibility index (Phi) is 4.14. The Balaban J connectivity index is 2.39. The van der Waals surface area contributed by atoms with Crippen molar-refractivity contribution in [3.63, 3.8) is 0 Å². The lowest BCUT2D eigenvalue weighted by molar-refractivity contribution is -0.127. The summed E-state index contributed by atoms with van der Waals surface area (Å²) >= 11 is 0. The Hall–Kier alpha value is -0.830. The van der Waals surface area contributed by atoms with Gasteiger partial charge in [0.15, 0.2) is 0 Å². The second kappa shape index (κ2) is 5.15. The molecule has 1 aliphatic rings. The lowest BCUT2D eigenvalue weighted by Crippen LogP contribution is -2.50. The quantitative estimate of drug-likeness (QED) is 0.618. The van der Waals surface area contributed by atoms with Crippen LogP contribution in [-0.2, 0) is 4.79 Å². The lowest BCUT2D eigenvalue weighted by Gasteiger charge is -2.36. The summed E-state index contributed by atoms with van der Waals surface area (Å²) in [5, 5.41) is 0. The number of carbonyl (C=O) groups excluding carboxylic acids is 1. The maximum atomic E-state index is 11.5. The van der Waals surface area contributed by atoms with E-state index >= 15 is 0 Å². The van der Waals surface area contributed by atoms with E-state index in [1.54, 1.807) is 12.2 Å². The largest absolute Gasteiger partial charge is 0.337 e. The van der Waals surface area contributed by atoms with Crippen LogP contribution in [0.5, 0.6) is 0 Å². The van der Waals surface area contributed by atoms with Crippen molar-refractivity contribution in [1.82, 2.24) is 9.80 Å². The normalized spacial score (nSPS) is 19.6. The summed E-state index contributed by atoms with van der Waals surface area (Å²) in [6.45, 7) is 10.00.